The van der Waals surface area contributed by atoms with Crippen LogP contribution in [-0.2, 0) is 6.54 Å². The number of β-amino-alcohol motifs (C(OH)–C–C–N with tert-alkyl or cyclic N) is 1. The highest BCUT2D eigenvalue weighted by molar-refractivity contribution is 5.85. The van der Waals surface area contributed by atoms with Gasteiger partial charge in [0.15, 0.2) is 0 Å². The van der Waals surface area contributed by atoms with Crippen molar-refractivity contribution >= 4 is 5.97 Å². The highest BCUT2D eigenvalue weighted by atomic mass is 16.4. The highest BCUT2D eigenvalue weighted by Gasteiger charge is 2.31. The number of aliphatic hydroxyl groups is 1. The van der Waals surface area contributed by atoms with Crippen molar-refractivity contribution in [1.29, 1.82) is 0 Å². The van der Waals surface area contributed by atoms with Crippen LogP contribution in [0.2, 0.25) is 0 Å². The molecule has 0 radical (unpaired) electrons. The molecule has 17 heavy (non-hydrogen) atoms. The van der Waals surface area contributed by atoms with Crippen LogP contribution >= 0.6 is 0 Å². The molecule has 0 aromatic carbocycles. The van der Waals surface area contributed by atoms with Crippen molar-refractivity contribution in [2.75, 3.05) is 13.1 Å². The second kappa shape index (κ2) is 4.43. The molecule has 1 saturated heterocycles. The number of hydrogen-bond acceptors (Lipinski definition) is 4. The Hall–Kier alpha value is -1.46. The molecule has 1 aliphatic rings. The van der Waals surface area contributed by atoms with Gasteiger partial charge in [-0.25, -0.2) is 9.78 Å². The van der Waals surface area contributed by atoms with Gasteiger partial charge in [0.1, 0.15) is 5.69 Å². The lowest BCUT2D eigenvalue weighted by atomic mass is 10.1. The zero-order chi connectivity index (χ0) is 12.5. The molecular weight excluding hydrogens is 220 g/mol. The fourth-order valence-corrected chi connectivity index (χ4v) is 2.09. The summed E-state index contributed by atoms with van der Waals surface area (Å²) in [5.74, 6) is -1.01. The topological polar surface area (TPSA) is 73.7 Å². The number of carboxylic acids is 1. The van der Waals surface area contributed by atoms with E-state index in [1.165, 1.54) is 6.07 Å². The van der Waals surface area contributed by atoms with E-state index in [2.05, 4.69) is 9.88 Å². The molecule has 0 aliphatic carbocycles. The monoisotopic (exact) mass is 236 g/mol. The Labute approximate surface area is 99.7 Å². The standard InChI is InChI=1S/C12H16N2O3/c1-12(17)5-6-14(8-12)7-9-3-2-4-10(13-9)11(15)16/h2-4,17H,5-8H2,1H3,(H,15,16). The lowest BCUT2D eigenvalue weighted by molar-refractivity contribution is 0.0667. The van der Waals surface area contributed by atoms with Gasteiger partial charge in [-0.1, -0.05) is 6.07 Å². The number of aromatic nitrogens is 1. The van der Waals surface area contributed by atoms with Crippen LogP contribution in [0.4, 0.5) is 0 Å². The Kier molecular flexibility index (Phi) is 3.13. The number of rotatable bonds is 3. The number of carboxylic acid groups (broad SMARTS) is 1. The van der Waals surface area contributed by atoms with Crippen LogP contribution in [0.1, 0.15) is 29.5 Å². The molecule has 1 aliphatic heterocycles. The lowest BCUT2D eigenvalue weighted by Gasteiger charge is -2.18. The summed E-state index contributed by atoms with van der Waals surface area (Å²) >= 11 is 0. The van der Waals surface area contributed by atoms with E-state index in [0.717, 1.165) is 18.7 Å². The van der Waals surface area contributed by atoms with Crippen molar-refractivity contribution < 1.29 is 15.0 Å². The lowest BCUT2D eigenvalue weighted by Crippen LogP contribution is -2.29. The minimum atomic E-state index is -1.01. The van der Waals surface area contributed by atoms with Crippen LogP contribution in [0.25, 0.3) is 0 Å². The second-order valence-corrected chi connectivity index (χ2v) is 4.78. The maximum absolute atomic E-state index is 10.8. The zero-order valence-corrected chi connectivity index (χ0v) is 9.76. The Morgan fingerprint density at radius 2 is 2.35 bits per heavy atom. The normalized spacial score (nSPS) is 25.1. The number of hydrogen-bond donors (Lipinski definition) is 2. The van der Waals surface area contributed by atoms with Crippen LogP contribution in [0.15, 0.2) is 18.2 Å². The minimum absolute atomic E-state index is 0.0634. The van der Waals surface area contributed by atoms with E-state index in [4.69, 9.17) is 5.11 Å². The summed E-state index contributed by atoms with van der Waals surface area (Å²) in [6, 6.07) is 4.98. The molecule has 0 spiro atoms. The quantitative estimate of drug-likeness (QED) is 0.809. The van der Waals surface area contributed by atoms with Crippen molar-refractivity contribution in [3.8, 4) is 0 Å². The maximum atomic E-state index is 10.8. The first-order valence-electron chi connectivity index (χ1n) is 5.60. The Balaban J connectivity index is 2.04. The predicted octanol–water partition coefficient (Wildman–Crippen LogP) is 0.737. The molecule has 1 aromatic rings. The van der Waals surface area contributed by atoms with Crippen LogP contribution in [-0.4, -0.2) is 44.8 Å². The molecule has 1 atom stereocenters. The maximum Gasteiger partial charge on any atom is 0.354 e. The van der Waals surface area contributed by atoms with E-state index >= 15 is 0 Å². The van der Waals surface area contributed by atoms with E-state index < -0.39 is 11.6 Å². The fourth-order valence-electron chi connectivity index (χ4n) is 2.09. The minimum Gasteiger partial charge on any atom is -0.477 e. The van der Waals surface area contributed by atoms with Gasteiger partial charge in [0.2, 0.25) is 0 Å². The SMILES string of the molecule is CC1(O)CCN(Cc2cccc(C(=O)O)n2)C1. The van der Waals surface area contributed by atoms with E-state index in [1.54, 1.807) is 12.1 Å². The first-order chi connectivity index (χ1) is 7.96. The molecule has 2 rings (SSSR count). The van der Waals surface area contributed by atoms with Gasteiger partial charge in [0, 0.05) is 19.6 Å². The van der Waals surface area contributed by atoms with Gasteiger partial charge >= 0.3 is 5.97 Å². The Bertz CT molecular complexity index is 432. The summed E-state index contributed by atoms with van der Waals surface area (Å²) < 4.78 is 0. The van der Waals surface area contributed by atoms with E-state index in [1.807, 2.05) is 6.92 Å². The molecular formula is C12H16N2O3. The number of likely N-dealkylation sites (tertiary alicyclic amines) is 1. The highest BCUT2D eigenvalue weighted by Crippen LogP contribution is 2.21. The van der Waals surface area contributed by atoms with Crippen molar-refractivity contribution in [3.63, 3.8) is 0 Å². The van der Waals surface area contributed by atoms with Crippen LogP contribution < -0.4 is 0 Å². The summed E-state index contributed by atoms with van der Waals surface area (Å²) in [6.45, 7) is 3.81. The Morgan fingerprint density at radius 1 is 1.59 bits per heavy atom. The van der Waals surface area contributed by atoms with Gasteiger partial charge in [-0.2, -0.15) is 0 Å². The molecule has 1 fully saturated rings. The molecule has 1 unspecified atom stereocenters. The van der Waals surface area contributed by atoms with Crippen LogP contribution in [0.5, 0.6) is 0 Å². The van der Waals surface area contributed by atoms with E-state index in [9.17, 15) is 9.90 Å². The van der Waals surface area contributed by atoms with E-state index in [0.29, 0.717) is 13.1 Å². The van der Waals surface area contributed by atoms with Gasteiger partial charge in [-0.15, -0.1) is 0 Å². The summed E-state index contributed by atoms with van der Waals surface area (Å²) in [5, 5.41) is 18.7. The molecule has 2 N–H and O–H groups in total. The average molecular weight is 236 g/mol. The molecule has 5 heteroatoms. The van der Waals surface area contributed by atoms with Crippen LogP contribution in [0, 0.1) is 0 Å². The molecule has 0 saturated carbocycles. The van der Waals surface area contributed by atoms with Gasteiger partial charge in [0.25, 0.3) is 0 Å². The van der Waals surface area contributed by atoms with Crippen molar-refractivity contribution in [2.24, 2.45) is 0 Å². The predicted molar refractivity (Wildman–Crippen MR) is 61.7 cm³/mol. The molecule has 0 bridgehead atoms. The summed E-state index contributed by atoms with van der Waals surface area (Å²) in [5.41, 5.74) is 0.154. The van der Waals surface area contributed by atoms with Crippen molar-refractivity contribution in [2.45, 2.75) is 25.5 Å². The first kappa shape index (κ1) is 12.0. The van der Waals surface area contributed by atoms with Gasteiger partial charge in [-0.05, 0) is 25.5 Å². The molecule has 1 aromatic heterocycles. The number of carbonyl (C=O) groups is 1. The fraction of sp³-hybridized carbons (Fsp3) is 0.500. The van der Waals surface area contributed by atoms with Crippen molar-refractivity contribution in [3.05, 3.63) is 29.6 Å². The summed E-state index contributed by atoms with van der Waals surface area (Å²) in [6.07, 6.45) is 0.742. The third kappa shape index (κ3) is 3.01. The smallest absolute Gasteiger partial charge is 0.354 e. The number of aromatic carboxylic acids is 1. The van der Waals surface area contributed by atoms with Gasteiger partial charge in [0.05, 0.1) is 11.3 Å². The molecule has 2 heterocycles. The third-order valence-electron chi connectivity index (χ3n) is 2.94. The third-order valence-corrected chi connectivity index (χ3v) is 2.94. The van der Waals surface area contributed by atoms with Gasteiger partial charge in [-0.3, -0.25) is 4.90 Å². The second-order valence-electron chi connectivity index (χ2n) is 4.78. The zero-order valence-electron chi connectivity index (χ0n) is 9.76. The number of pyridine rings is 1. The van der Waals surface area contributed by atoms with E-state index in [-0.39, 0.29) is 5.69 Å². The molecule has 5 nitrogen and oxygen atoms in total. The molecule has 92 valence electrons. The summed E-state index contributed by atoms with van der Waals surface area (Å²) in [4.78, 5) is 16.9. The van der Waals surface area contributed by atoms with Crippen LogP contribution in [0.3, 0.4) is 0 Å². The summed E-state index contributed by atoms with van der Waals surface area (Å²) in [7, 11) is 0. The van der Waals surface area contributed by atoms with Crippen molar-refractivity contribution in [1.82, 2.24) is 9.88 Å². The molecule has 0 amide bonds. The Morgan fingerprint density at radius 3 is 2.94 bits per heavy atom. The largest absolute Gasteiger partial charge is 0.477 e. The first-order valence-corrected chi connectivity index (χ1v) is 5.60. The average Bonchev–Trinajstić information content (AvgIpc) is 2.58. The van der Waals surface area contributed by atoms with Gasteiger partial charge < -0.3 is 10.2 Å². The number of nitrogens with zero attached hydrogens (tertiary/aromatic N) is 2.